The number of anilines is 2. The second kappa shape index (κ2) is 8.46. The van der Waals surface area contributed by atoms with E-state index in [1.165, 1.54) is 6.92 Å². The van der Waals surface area contributed by atoms with Gasteiger partial charge in [-0.2, -0.15) is 5.10 Å². The summed E-state index contributed by atoms with van der Waals surface area (Å²) in [6, 6.07) is 14.5. The average Bonchev–Trinajstić information content (AvgIpc) is 2.91. The smallest absolute Gasteiger partial charge is 0.260 e. The Morgan fingerprint density at radius 1 is 1.07 bits per heavy atom. The fourth-order valence-electron chi connectivity index (χ4n) is 2.75. The monoisotopic (exact) mass is 416 g/mol. The molecule has 0 bridgehead atoms. The van der Waals surface area contributed by atoms with Crippen LogP contribution in [0.2, 0.25) is 10.2 Å². The Balaban J connectivity index is 1.80. The number of nitrogens with zero attached hydrogens (tertiary/aromatic N) is 2. The Kier molecular flexibility index (Phi) is 6.02. The van der Waals surface area contributed by atoms with Crippen LogP contribution in [0.4, 0.5) is 11.4 Å². The molecule has 2 aromatic carbocycles. The largest absolute Gasteiger partial charge is 0.326 e. The minimum atomic E-state index is -0.406. The maximum absolute atomic E-state index is 12.8. The van der Waals surface area contributed by atoms with Gasteiger partial charge in [0.15, 0.2) is 0 Å². The number of aromatic nitrogens is 2. The van der Waals surface area contributed by atoms with Gasteiger partial charge < -0.3 is 10.6 Å². The van der Waals surface area contributed by atoms with Gasteiger partial charge in [-0.25, -0.2) is 4.68 Å². The number of benzene rings is 2. The van der Waals surface area contributed by atoms with Gasteiger partial charge in [0.05, 0.1) is 28.5 Å². The van der Waals surface area contributed by atoms with Gasteiger partial charge in [-0.3, -0.25) is 9.59 Å². The van der Waals surface area contributed by atoms with Crippen molar-refractivity contribution in [2.75, 3.05) is 10.6 Å². The fraction of sp³-hybridized carbons (Fsp3) is 0.150. The molecular weight excluding hydrogens is 399 g/mol. The zero-order valence-electron chi connectivity index (χ0n) is 15.3. The van der Waals surface area contributed by atoms with Gasteiger partial charge in [0.1, 0.15) is 5.15 Å². The molecule has 0 saturated heterocycles. The average molecular weight is 417 g/mol. The van der Waals surface area contributed by atoms with Crippen LogP contribution in [0.25, 0.3) is 0 Å². The van der Waals surface area contributed by atoms with Gasteiger partial charge >= 0.3 is 0 Å². The van der Waals surface area contributed by atoms with Crippen molar-refractivity contribution in [1.82, 2.24) is 9.78 Å². The van der Waals surface area contributed by atoms with E-state index < -0.39 is 5.91 Å². The van der Waals surface area contributed by atoms with E-state index in [1.807, 2.05) is 30.3 Å². The molecule has 1 heterocycles. The van der Waals surface area contributed by atoms with Crippen molar-refractivity contribution < 1.29 is 9.59 Å². The highest BCUT2D eigenvalue weighted by Gasteiger charge is 2.21. The number of aryl methyl sites for hydroxylation is 1. The van der Waals surface area contributed by atoms with Crippen molar-refractivity contribution in [3.63, 3.8) is 0 Å². The van der Waals surface area contributed by atoms with E-state index in [4.69, 9.17) is 23.2 Å². The molecule has 0 unspecified atom stereocenters. The molecule has 3 rings (SSSR count). The zero-order valence-corrected chi connectivity index (χ0v) is 16.8. The molecule has 1 aromatic heterocycles. The van der Waals surface area contributed by atoms with Gasteiger partial charge in [0.2, 0.25) is 5.91 Å². The molecule has 144 valence electrons. The summed E-state index contributed by atoms with van der Waals surface area (Å²) in [7, 11) is 0. The molecule has 0 spiro atoms. The molecule has 3 aromatic rings. The quantitative estimate of drug-likeness (QED) is 0.629. The summed E-state index contributed by atoms with van der Waals surface area (Å²) >= 11 is 12.6. The van der Waals surface area contributed by atoms with Crippen molar-refractivity contribution in [2.45, 2.75) is 20.4 Å². The third-order valence-corrected chi connectivity index (χ3v) is 4.70. The first-order valence-corrected chi connectivity index (χ1v) is 9.26. The summed E-state index contributed by atoms with van der Waals surface area (Å²) in [6.45, 7) is 3.59. The summed E-state index contributed by atoms with van der Waals surface area (Å²) in [5.41, 5.74) is 2.78. The SMILES string of the molecule is CC(=O)Nc1ccc(NC(=O)c2c(C)nn(Cc3ccccc3)c2Cl)c(Cl)c1. The van der Waals surface area contributed by atoms with E-state index in [0.717, 1.165) is 5.56 Å². The summed E-state index contributed by atoms with van der Waals surface area (Å²) in [6.07, 6.45) is 0. The number of hydrogen-bond acceptors (Lipinski definition) is 3. The lowest BCUT2D eigenvalue weighted by atomic mass is 10.2. The highest BCUT2D eigenvalue weighted by molar-refractivity contribution is 6.35. The minimum Gasteiger partial charge on any atom is -0.326 e. The van der Waals surface area contributed by atoms with E-state index >= 15 is 0 Å². The topological polar surface area (TPSA) is 76.0 Å². The lowest BCUT2D eigenvalue weighted by molar-refractivity contribution is -0.114. The summed E-state index contributed by atoms with van der Waals surface area (Å²) < 4.78 is 1.59. The molecule has 0 saturated carbocycles. The maximum atomic E-state index is 12.8. The van der Waals surface area contributed by atoms with Crippen LogP contribution in [-0.4, -0.2) is 21.6 Å². The second-order valence-corrected chi connectivity index (χ2v) is 6.99. The number of rotatable bonds is 5. The third kappa shape index (κ3) is 4.52. The maximum Gasteiger partial charge on any atom is 0.260 e. The predicted molar refractivity (Wildman–Crippen MR) is 111 cm³/mol. The lowest BCUT2D eigenvalue weighted by Gasteiger charge is -2.09. The lowest BCUT2D eigenvalue weighted by Crippen LogP contribution is -2.14. The van der Waals surface area contributed by atoms with Crippen molar-refractivity contribution in [3.8, 4) is 0 Å². The molecule has 28 heavy (non-hydrogen) atoms. The molecule has 6 nitrogen and oxygen atoms in total. The Morgan fingerprint density at radius 2 is 1.79 bits per heavy atom. The van der Waals surface area contributed by atoms with Gasteiger partial charge in [-0.1, -0.05) is 53.5 Å². The van der Waals surface area contributed by atoms with Gasteiger partial charge in [-0.15, -0.1) is 0 Å². The number of carbonyl (C=O) groups is 2. The van der Waals surface area contributed by atoms with Crippen LogP contribution in [0.5, 0.6) is 0 Å². The van der Waals surface area contributed by atoms with E-state index in [1.54, 1.807) is 29.8 Å². The first-order chi connectivity index (χ1) is 13.3. The zero-order chi connectivity index (χ0) is 20.3. The van der Waals surface area contributed by atoms with Crippen LogP contribution in [0.15, 0.2) is 48.5 Å². The number of amides is 2. The standard InChI is InChI=1S/C20H18Cl2N4O2/c1-12-18(19(22)26(25-12)11-14-6-4-3-5-7-14)20(28)24-17-9-8-15(10-16(17)21)23-13(2)27/h3-10H,11H2,1-2H3,(H,23,27)(H,24,28). The van der Waals surface area contributed by atoms with E-state index in [2.05, 4.69) is 15.7 Å². The van der Waals surface area contributed by atoms with Crippen LogP contribution in [0.1, 0.15) is 28.5 Å². The second-order valence-electron chi connectivity index (χ2n) is 6.22. The summed E-state index contributed by atoms with van der Waals surface area (Å²) in [5, 5.41) is 10.3. The number of carbonyl (C=O) groups excluding carboxylic acids is 2. The van der Waals surface area contributed by atoms with Crippen molar-refractivity contribution in [1.29, 1.82) is 0 Å². The van der Waals surface area contributed by atoms with Crippen LogP contribution >= 0.6 is 23.2 Å². The summed E-state index contributed by atoms with van der Waals surface area (Å²) in [5.74, 6) is -0.614. The van der Waals surface area contributed by atoms with E-state index in [9.17, 15) is 9.59 Å². The molecular formula is C20H18Cl2N4O2. The normalized spacial score (nSPS) is 10.6. The molecule has 8 heteroatoms. The molecule has 2 amide bonds. The highest BCUT2D eigenvalue weighted by Crippen LogP contribution is 2.28. The molecule has 0 aliphatic heterocycles. The van der Waals surface area contributed by atoms with Gasteiger partial charge in [0.25, 0.3) is 5.91 Å². The Morgan fingerprint density at radius 3 is 2.43 bits per heavy atom. The molecule has 0 radical (unpaired) electrons. The van der Waals surface area contributed by atoms with Crippen LogP contribution in [0, 0.1) is 6.92 Å². The fourth-order valence-corrected chi connectivity index (χ4v) is 3.30. The van der Waals surface area contributed by atoms with Crippen LogP contribution in [0.3, 0.4) is 0 Å². The first kappa shape index (κ1) is 19.9. The van der Waals surface area contributed by atoms with Crippen molar-refractivity contribution in [2.24, 2.45) is 0 Å². The Labute approximate surface area is 172 Å². The van der Waals surface area contributed by atoms with Crippen molar-refractivity contribution >= 4 is 46.4 Å². The van der Waals surface area contributed by atoms with Crippen LogP contribution < -0.4 is 10.6 Å². The van der Waals surface area contributed by atoms with Gasteiger partial charge in [-0.05, 0) is 30.7 Å². The third-order valence-electron chi connectivity index (χ3n) is 4.01. The molecule has 0 aliphatic carbocycles. The highest BCUT2D eigenvalue weighted by atomic mass is 35.5. The summed E-state index contributed by atoms with van der Waals surface area (Å²) in [4.78, 5) is 23.9. The predicted octanol–water partition coefficient (Wildman–Crippen LogP) is 4.76. The molecule has 2 N–H and O–H groups in total. The first-order valence-electron chi connectivity index (χ1n) is 8.50. The minimum absolute atomic E-state index is 0.207. The Hall–Kier alpha value is -2.83. The van der Waals surface area contributed by atoms with E-state index in [-0.39, 0.29) is 11.1 Å². The van der Waals surface area contributed by atoms with Crippen LogP contribution in [-0.2, 0) is 11.3 Å². The number of nitrogens with one attached hydrogen (secondary N) is 2. The molecule has 0 aliphatic rings. The van der Waals surface area contributed by atoms with E-state index in [0.29, 0.717) is 34.2 Å². The number of halogens is 2. The number of hydrogen-bond donors (Lipinski definition) is 2. The molecule has 0 fully saturated rings. The Bertz CT molecular complexity index is 1030. The molecule has 0 atom stereocenters. The van der Waals surface area contributed by atoms with Crippen molar-refractivity contribution in [3.05, 3.63) is 75.5 Å². The van der Waals surface area contributed by atoms with Gasteiger partial charge in [0, 0.05) is 12.6 Å².